The number of carbonyl (C=O) groups excluding carboxylic acids is 1. The maximum atomic E-state index is 12.1. The van der Waals surface area contributed by atoms with Crippen molar-refractivity contribution in [2.24, 2.45) is 0 Å². The first kappa shape index (κ1) is 14.3. The largest absolute Gasteiger partial charge is 0.378 e. The summed E-state index contributed by atoms with van der Waals surface area (Å²) in [6.45, 7) is 1.97. The Bertz CT molecular complexity index is 562. The van der Waals surface area contributed by atoms with Gasteiger partial charge in [-0.25, -0.2) is 4.98 Å². The van der Waals surface area contributed by atoms with Crippen LogP contribution in [-0.2, 0) is 9.53 Å². The van der Waals surface area contributed by atoms with Gasteiger partial charge in [-0.15, -0.1) is 0 Å². The number of nitrogens with one attached hydrogen (secondary N) is 1. The number of hydrogen-bond acceptors (Lipinski definition) is 5. The van der Waals surface area contributed by atoms with Gasteiger partial charge in [-0.2, -0.15) is 5.26 Å². The van der Waals surface area contributed by atoms with Gasteiger partial charge in [0.05, 0.1) is 18.9 Å². The average molecular weight is 293 g/mol. The van der Waals surface area contributed by atoms with Crippen molar-refractivity contribution in [3.8, 4) is 6.07 Å². The number of morpholine rings is 1. The highest BCUT2D eigenvalue weighted by Crippen LogP contribution is 2.17. The molecule has 0 spiro atoms. The maximum absolute atomic E-state index is 12.1. The highest BCUT2D eigenvalue weighted by molar-refractivity contribution is 6.32. The zero-order valence-corrected chi connectivity index (χ0v) is 11.4. The van der Waals surface area contributed by atoms with Gasteiger partial charge in [-0.05, 0) is 12.1 Å². The molecule has 2 rings (SSSR count). The Hall–Kier alpha value is -2.10. The van der Waals surface area contributed by atoms with Crippen molar-refractivity contribution in [2.75, 3.05) is 31.6 Å². The second kappa shape index (κ2) is 6.89. The Balaban J connectivity index is 2.08. The van der Waals surface area contributed by atoms with E-state index < -0.39 is 0 Å². The third kappa shape index (κ3) is 3.47. The molecule has 0 aliphatic carbocycles. The van der Waals surface area contributed by atoms with E-state index in [4.69, 9.17) is 21.6 Å². The number of hydrogen-bond donors (Lipinski definition) is 1. The van der Waals surface area contributed by atoms with Crippen LogP contribution in [0.3, 0.4) is 0 Å². The molecule has 0 atom stereocenters. The molecular weight excluding hydrogens is 280 g/mol. The normalized spacial score (nSPS) is 15.6. The van der Waals surface area contributed by atoms with Crippen LogP contribution < -0.4 is 5.32 Å². The fourth-order valence-corrected chi connectivity index (χ4v) is 1.90. The van der Waals surface area contributed by atoms with Crippen LogP contribution in [0, 0.1) is 11.3 Å². The molecule has 20 heavy (non-hydrogen) atoms. The summed E-state index contributed by atoms with van der Waals surface area (Å²) in [5, 5.41) is 12.2. The van der Waals surface area contributed by atoms with Gasteiger partial charge in [0, 0.05) is 25.5 Å². The van der Waals surface area contributed by atoms with Crippen molar-refractivity contribution >= 4 is 23.2 Å². The van der Waals surface area contributed by atoms with E-state index in [2.05, 4.69) is 10.3 Å². The molecule has 1 N–H and O–H groups in total. The van der Waals surface area contributed by atoms with Gasteiger partial charge in [0.15, 0.2) is 5.15 Å². The lowest BCUT2D eigenvalue weighted by molar-refractivity contribution is -0.130. The molecule has 2 heterocycles. The number of halogens is 1. The van der Waals surface area contributed by atoms with Crippen molar-refractivity contribution in [1.82, 2.24) is 9.88 Å². The first-order chi connectivity index (χ1) is 9.72. The standard InChI is InChI=1S/C13H13ClN4O2/c14-12-11(2-1-3-16-12)17-9-10(8-15)13(19)18-4-6-20-7-5-18/h1-3,9,17H,4-7H2/b10-9-. The number of ether oxygens (including phenoxy) is 1. The lowest BCUT2D eigenvalue weighted by Crippen LogP contribution is -2.41. The Morgan fingerprint density at radius 1 is 1.55 bits per heavy atom. The van der Waals surface area contributed by atoms with E-state index in [9.17, 15) is 4.79 Å². The van der Waals surface area contributed by atoms with E-state index in [1.54, 1.807) is 23.2 Å². The van der Waals surface area contributed by atoms with Crippen LogP contribution in [0.2, 0.25) is 5.15 Å². The smallest absolute Gasteiger partial charge is 0.266 e. The molecule has 1 saturated heterocycles. The Morgan fingerprint density at radius 2 is 2.30 bits per heavy atom. The number of aromatic nitrogens is 1. The Kier molecular flexibility index (Phi) is 4.93. The number of nitrogens with zero attached hydrogens (tertiary/aromatic N) is 3. The number of pyridine rings is 1. The zero-order valence-electron chi connectivity index (χ0n) is 10.7. The second-order valence-corrected chi connectivity index (χ2v) is 4.42. The fraction of sp³-hybridized carbons (Fsp3) is 0.308. The van der Waals surface area contributed by atoms with Gasteiger partial charge in [0.25, 0.3) is 5.91 Å². The molecule has 0 unspecified atom stereocenters. The Labute approximate surface area is 121 Å². The second-order valence-electron chi connectivity index (χ2n) is 4.06. The van der Waals surface area contributed by atoms with Gasteiger partial charge in [-0.3, -0.25) is 4.79 Å². The number of nitriles is 1. The summed E-state index contributed by atoms with van der Waals surface area (Å²) in [5.74, 6) is -0.316. The minimum Gasteiger partial charge on any atom is -0.378 e. The summed E-state index contributed by atoms with van der Waals surface area (Å²) >= 11 is 5.88. The van der Waals surface area contributed by atoms with Crippen LogP contribution in [0.1, 0.15) is 0 Å². The molecule has 0 radical (unpaired) electrons. The number of amides is 1. The molecule has 1 aromatic rings. The van der Waals surface area contributed by atoms with Gasteiger partial charge in [-0.1, -0.05) is 11.6 Å². The molecule has 0 bridgehead atoms. The van der Waals surface area contributed by atoms with Gasteiger partial charge >= 0.3 is 0 Å². The summed E-state index contributed by atoms with van der Waals surface area (Å²) in [6, 6.07) is 5.31. The van der Waals surface area contributed by atoms with E-state index >= 15 is 0 Å². The molecule has 7 heteroatoms. The summed E-state index contributed by atoms with van der Waals surface area (Å²) in [4.78, 5) is 17.6. The van der Waals surface area contributed by atoms with E-state index in [1.807, 2.05) is 6.07 Å². The molecular formula is C13H13ClN4O2. The topological polar surface area (TPSA) is 78.2 Å². The minimum absolute atomic E-state index is 0.0202. The predicted octanol–water partition coefficient (Wildman–Crippen LogP) is 1.41. The third-order valence-corrected chi connectivity index (χ3v) is 3.08. The van der Waals surface area contributed by atoms with Crippen LogP contribution >= 0.6 is 11.6 Å². The van der Waals surface area contributed by atoms with Crippen LogP contribution in [0.4, 0.5) is 5.69 Å². The van der Waals surface area contributed by atoms with Crippen molar-refractivity contribution in [3.63, 3.8) is 0 Å². The fourth-order valence-electron chi connectivity index (χ4n) is 1.72. The molecule has 6 nitrogen and oxygen atoms in total. The van der Waals surface area contributed by atoms with Crippen molar-refractivity contribution < 1.29 is 9.53 Å². The van der Waals surface area contributed by atoms with E-state index in [1.165, 1.54) is 6.20 Å². The first-order valence-corrected chi connectivity index (χ1v) is 6.44. The molecule has 0 saturated carbocycles. The van der Waals surface area contributed by atoms with Crippen molar-refractivity contribution in [2.45, 2.75) is 0 Å². The third-order valence-electron chi connectivity index (χ3n) is 2.78. The van der Waals surface area contributed by atoms with Gasteiger partial charge < -0.3 is 15.0 Å². The molecule has 1 aromatic heterocycles. The first-order valence-electron chi connectivity index (χ1n) is 6.06. The highest BCUT2D eigenvalue weighted by Gasteiger charge is 2.20. The van der Waals surface area contributed by atoms with Crippen LogP contribution in [0.15, 0.2) is 30.1 Å². The zero-order chi connectivity index (χ0) is 14.4. The molecule has 1 aliphatic rings. The average Bonchev–Trinajstić information content (AvgIpc) is 2.50. The van der Waals surface area contributed by atoms with E-state index in [0.29, 0.717) is 32.0 Å². The number of anilines is 1. The SMILES string of the molecule is N#C/C(=C/Nc1cccnc1Cl)C(=O)N1CCOCC1. The minimum atomic E-state index is -0.316. The maximum Gasteiger partial charge on any atom is 0.266 e. The number of rotatable bonds is 3. The highest BCUT2D eigenvalue weighted by atomic mass is 35.5. The summed E-state index contributed by atoms with van der Waals surface area (Å²) < 4.78 is 5.17. The van der Waals surface area contributed by atoms with Crippen molar-refractivity contribution in [1.29, 1.82) is 5.26 Å². The van der Waals surface area contributed by atoms with Crippen LogP contribution in [0.25, 0.3) is 0 Å². The quantitative estimate of drug-likeness (QED) is 0.518. The monoisotopic (exact) mass is 292 g/mol. The van der Waals surface area contributed by atoms with Gasteiger partial charge in [0.2, 0.25) is 0 Å². The Morgan fingerprint density at radius 3 is 2.95 bits per heavy atom. The lowest BCUT2D eigenvalue weighted by atomic mass is 10.2. The summed E-state index contributed by atoms with van der Waals surface area (Å²) in [7, 11) is 0. The van der Waals surface area contributed by atoms with Crippen molar-refractivity contribution in [3.05, 3.63) is 35.3 Å². The molecule has 1 fully saturated rings. The summed E-state index contributed by atoms with van der Waals surface area (Å²) in [5.41, 5.74) is 0.559. The molecule has 0 aromatic carbocycles. The molecule has 104 valence electrons. The number of carbonyl (C=O) groups is 1. The van der Waals surface area contributed by atoms with E-state index in [0.717, 1.165) is 0 Å². The lowest BCUT2D eigenvalue weighted by Gasteiger charge is -2.26. The molecule has 1 amide bonds. The van der Waals surface area contributed by atoms with Crippen LogP contribution in [0.5, 0.6) is 0 Å². The van der Waals surface area contributed by atoms with E-state index in [-0.39, 0.29) is 16.6 Å². The van der Waals surface area contributed by atoms with Crippen LogP contribution in [-0.4, -0.2) is 42.1 Å². The van der Waals surface area contributed by atoms with Gasteiger partial charge in [0.1, 0.15) is 11.6 Å². The molecule has 1 aliphatic heterocycles. The summed E-state index contributed by atoms with van der Waals surface area (Å²) in [6.07, 6.45) is 2.90. The predicted molar refractivity (Wildman–Crippen MR) is 74.0 cm³/mol.